The molecule has 86 valence electrons. The monoisotopic (exact) mass is 220 g/mol. The van der Waals surface area contributed by atoms with E-state index in [0.29, 0.717) is 12.8 Å². The highest BCUT2D eigenvalue weighted by Crippen LogP contribution is 2.32. The van der Waals surface area contributed by atoms with Crippen molar-refractivity contribution in [1.29, 1.82) is 0 Å². The maximum atomic E-state index is 5.37. The molecule has 0 saturated carbocycles. The second-order valence-corrected chi connectivity index (χ2v) is 4.25. The Bertz CT molecular complexity index is 375. The molecule has 4 heteroatoms. The van der Waals surface area contributed by atoms with Gasteiger partial charge in [-0.15, -0.1) is 0 Å². The molecule has 0 bridgehead atoms. The maximum absolute atomic E-state index is 5.37. The van der Waals surface area contributed by atoms with E-state index in [0.717, 1.165) is 37.6 Å². The van der Waals surface area contributed by atoms with E-state index < -0.39 is 0 Å². The molecule has 1 saturated heterocycles. The van der Waals surface area contributed by atoms with Crippen LogP contribution in [0.1, 0.15) is 5.56 Å². The van der Waals surface area contributed by atoms with Gasteiger partial charge in [-0.25, -0.2) is 0 Å². The number of hydrogen-bond acceptors (Lipinski definition) is 4. The van der Waals surface area contributed by atoms with Crippen LogP contribution in [0.3, 0.4) is 0 Å². The van der Waals surface area contributed by atoms with E-state index in [1.165, 1.54) is 5.56 Å². The third kappa shape index (κ3) is 1.99. The summed E-state index contributed by atoms with van der Waals surface area (Å²) in [7, 11) is 0. The number of nitrogens with one attached hydrogen (secondary N) is 2. The van der Waals surface area contributed by atoms with Gasteiger partial charge >= 0.3 is 0 Å². The second-order valence-electron chi connectivity index (χ2n) is 4.25. The van der Waals surface area contributed by atoms with Crippen molar-refractivity contribution >= 4 is 0 Å². The lowest BCUT2D eigenvalue weighted by Gasteiger charge is -2.24. The summed E-state index contributed by atoms with van der Waals surface area (Å²) < 4.78 is 10.7. The van der Waals surface area contributed by atoms with Gasteiger partial charge in [-0.3, -0.25) is 0 Å². The third-order valence-electron chi connectivity index (χ3n) is 3.04. The molecule has 0 spiro atoms. The van der Waals surface area contributed by atoms with E-state index in [9.17, 15) is 0 Å². The molecule has 0 radical (unpaired) electrons. The normalized spacial score (nSPS) is 23.4. The first-order valence-electron chi connectivity index (χ1n) is 5.74. The molecule has 2 aliphatic heterocycles. The zero-order chi connectivity index (χ0) is 10.8. The molecule has 4 nitrogen and oxygen atoms in total. The van der Waals surface area contributed by atoms with Crippen LogP contribution in [0.4, 0.5) is 0 Å². The van der Waals surface area contributed by atoms with Crippen molar-refractivity contribution in [3.05, 3.63) is 23.8 Å². The highest BCUT2D eigenvalue weighted by molar-refractivity contribution is 5.44. The summed E-state index contributed by atoms with van der Waals surface area (Å²) >= 11 is 0. The Hall–Kier alpha value is -1.26. The fourth-order valence-electron chi connectivity index (χ4n) is 2.21. The summed E-state index contributed by atoms with van der Waals surface area (Å²) in [5.41, 5.74) is 1.30. The Labute approximate surface area is 94.9 Å². The Balaban J connectivity index is 1.69. The fraction of sp³-hybridized carbons (Fsp3) is 0.500. The van der Waals surface area contributed by atoms with Gasteiger partial charge in [0.1, 0.15) is 0 Å². The van der Waals surface area contributed by atoms with Gasteiger partial charge in [0.2, 0.25) is 6.79 Å². The van der Waals surface area contributed by atoms with Gasteiger partial charge in [0.15, 0.2) is 11.5 Å². The number of benzene rings is 1. The van der Waals surface area contributed by atoms with Crippen LogP contribution in [0.15, 0.2) is 18.2 Å². The summed E-state index contributed by atoms with van der Waals surface area (Å²) in [4.78, 5) is 0. The molecule has 2 N–H and O–H groups in total. The first-order chi connectivity index (χ1) is 7.92. The Morgan fingerprint density at radius 2 is 2.12 bits per heavy atom. The van der Waals surface area contributed by atoms with E-state index >= 15 is 0 Å². The summed E-state index contributed by atoms with van der Waals surface area (Å²) in [6.45, 7) is 3.50. The van der Waals surface area contributed by atoms with Crippen LogP contribution < -0.4 is 20.1 Å². The maximum Gasteiger partial charge on any atom is 0.231 e. The number of piperazine rings is 1. The minimum absolute atomic E-state index is 0.349. The van der Waals surface area contributed by atoms with Gasteiger partial charge in [0.05, 0.1) is 0 Å². The average Bonchev–Trinajstić information content (AvgIpc) is 2.77. The minimum Gasteiger partial charge on any atom is -0.454 e. The zero-order valence-corrected chi connectivity index (χ0v) is 9.16. The third-order valence-corrected chi connectivity index (χ3v) is 3.04. The van der Waals surface area contributed by atoms with Gasteiger partial charge in [-0.05, 0) is 24.1 Å². The number of rotatable bonds is 2. The largest absolute Gasteiger partial charge is 0.454 e. The van der Waals surface area contributed by atoms with Gasteiger partial charge in [0, 0.05) is 25.7 Å². The molecule has 0 aromatic heterocycles. The first kappa shape index (κ1) is 9.93. The summed E-state index contributed by atoms with van der Waals surface area (Å²) in [6, 6.07) is 6.71. The van der Waals surface area contributed by atoms with Gasteiger partial charge < -0.3 is 20.1 Å². The lowest BCUT2D eigenvalue weighted by atomic mass is 10.0. The SMILES string of the molecule is c1cc2c(cc1C[C@@H]1CNCCN1)OCO2. The predicted octanol–water partition coefficient (Wildman–Crippen LogP) is 0.519. The number of hydrogen-bond donors (Lipinski definition) is 2. The highest BCUT2D eigenvalue weighted by Gasteiger charge is 2.16. The van der Waals surface area contributed by atoms with Crippen LogP contribution in [0.5, 0.6) is 11.5 Å². The van der Waals surface area contributed by atoms with Crippen molar-refractivity contribution < 1.29 is 9.47 Å². The molecule has 1 atom stereocenters. The van der Waals surface area contributed by atoms with Crippen molar-refractivity contribution in [3.63, 3.8) is 0 Å². The Morgan fingerprint density at radius 3 is 3.00 bits per heavy atom. The quantitative estimate of drug-likeness (QED) is 0.762. The first-order valence-corrected chi connectivity index (χ1v) is 5.74. The molecule has 0 aliphatic carbocycles. The van der Waals surface area contributed by atoms with E-state index in [1.54, 1.807) is 0 Å². The molecular weight excluding hydrogens is 204 g/mol. The van der Waals surface area contributed by atoms with Crippen molar-refractivity contribution in [3.8, 4) is 11.5 Å². The van der Waals surface area contributed by atoms with Crippen LogP contribution in [0.25, 0.3) is 0 Å². The van der Waals surface area contributed by atoms with Gasteiger partial charge in [-0.1, -0.05) is 6.07 Å². The summed E-state index contributed by atoms with van der Waals surface area (Å²) in [5, 5.41) is 6.89. The standard InChI is InChI=1S/C12H16N2O2/c1-2-11-12(16-8-15-11)6-9(1)5-10-7-13-3-4-14-10/h1-2,6,10,13-14H,3-5,7-8H2/t10-/m1/s1. The van der Waals surface area contributed by atoms with E-state index in [1.807, 2.05) is 6.07 Å². The van der Waals surface area contributed by atoms with Crippen LogP contribution in [0, 0.1) is 0 Å². The molecule has 2 heterocycles. The molecule has 1 aromatic rings. The van der Waals surface area contributed by atoms with Crippen LogP contribution in [-0.4, -0.2) is 32.5 Å². The van der Waals surface area contributed by atoms with E-state index in [2.05, 4.69) is 22.8 Å². The summed E-state index contributed by atoms with van der Waals surface area (Å²) in [6.07, 6.45) is 1.03. The van der Waals surface area contributed by atoms with E-state index in [-0.39, 0.29) is 0 Å². The molecular formula is C12H16N2O2. The second kappa shape index (κ2) is 4.31. The van der Waals surface area contributed by atoms with Crippen molar-refractivity contribution in [2.75, 3.05) is 26.4 Å². The van der Waals surface area contributed by atoms with Crippen LogP contribution in [-0.2, 0) is 6.42 Å². The Kier molecular flexibility index (Phi) is 2.68. The molecule has 0 amide bonds. The molecule has 0 unspecified atom stereocenters. The topological polar surface area (TPSA) is 42.5 Å². The molecule has 1 fully saturated rings. The molecule has 1 aromatic carbocycles. The average molecular weight is 220 g/mol. The smallest absolute Gasteiger partial charge is 0.231 e. The predicted molar refractivity (Wildman–Crippen MR) is 60.9 cm³/mol. The van der Waals surface area contributed by atoms with Crippen molar-refractivity contribution in [2.24, 2.45) is 0 Å². The van der Waals surface area contributed by atoms with E-state index in [4.69, 9.17) is 9.47 Å². The minimum atomic E-state index is 0.349. The Morgan fingerprint density at radius 1 is 1.19 bits per heavy atom. The fourth-order valence-corrected chi connectivity index (χ4v) is 2.21. The van der Waals surface area contributed by atoms with Gasteiger partial charge in [0.25, 0.3) is 0 Å². The lowest BCUT2D eigenvalue weighted by Crippen LogP contribution is -2.49. The molecule has 16 heavy (non-hydrogen) atoms. The number of ether oxygens (including phenoxy) is 2. The molecule has 3 rings (SSSR count). The molecule has 2 aliphatic rings. The van der Waals surface area contributed by atoms with Crippen LogP contribution >= 0.6 is 0 Å². The van der Waals surface area contributed by atoms with Gasteiger partial charge in [-0.2, -0.15) is 0 Å². The zero-order valence-electron chi connectivity index (χ0n) is 9.16. The van der Waals surface area contributed by atoms with Crippen molar-refractivity contribution in [2.45, 2.75) is 12.5 Å². The number of fused-ring (bicyclic) bond motifs is 1. The summed E-state index contributed by atoms with van der Waals surface area (Å²) in [5.74, 6) is 1.74. The van der Waals surface area contributed by atoms with Crippen LogP contribution in [0.2, 0.25) is 0 Å². The van der Waals surface area contributed by atoms with Crippen molar-refractivity contribution in [1.82, 2.24) is 10.6 Å². The lowest BCUT2D eigenvalue weighted by molar-refractivity contribution is 0.174. The highest BCUT2D eigenvalue weighted by atomic mass is 16.7.